The van der Waals surface area contributed by atoms with Gasteiger partial charge in [0, 0.05) is 37.2 Å². The number of hydrogen-bond acceptors (Lipinski definition) is 4. The molecule has 0 aromatic carbocycles. The van der Waals surface area contributed by atoms with Gasteiger partial charge in [-0.2, -0.15) is 0 Å². The zero-order valence-corrected chi connectivity index (χ0v) is 11.1. The fraction of sp³-hybridized carbons (Fsp3) is 0.538. The maximum atomic E-state index is 11.7. The van der Waals surface area contributed by atoms with E-state index < -0.39 is 0 Å². The van der Waals surface area contributed by atoms with Gasteiger partial charge >= 0.3 is 0 Å². The molecule has 96 valence electrons. The molecule has 4 nitrogen and oxygen atoms in total. The van der Waals surface area contributed by atoms with Crippen LogP contribution in [0.5, 0.6) is 0 Å². The molecule has 0 saturated heterocycles. The standard InChI is InChI=1S/C13H17N3OS/c1-2-3-4-5-6-12(17)16-13-15-10-7-8-14-9-11(10)18-13/h1,14H,3-9H2,(H,15,16,17). The Balaban J connectivity index is 1.80. The van der Waals surface area contributed by atoms with Crippen LogP contribution in [0, 0.1) is 12.3 Å². The Labute approximate surface area is 111 Å². The van der Waals surface area contributed by atoms with E-state index in [9.17, 15) is 4.79 Å². The van der Waals surface area contributed by atoms with Crippen LogP contribution in [0.25, 0.3) is 0 Å². The number of amides is 1. The molecular weight excluding hydrogens is 246 g/mol. The monoisotopic (exact) mass is 263 g/mol. The summed E-state index contributed by atoms with van der Waals surface area (Å²) in [5.74, 6) is 2.61. The maximum absolute atomic E-state index is 11.7. The maximum Gasteiger partial charge on any atom is 0.226 e. The number of thiazole rings is 1. The van der Waals surface area contributed by atoms with E-state index in [4.69, 9.17) is 6.42 Å². The third-order valence-electron chi connectivity index (χ3n) is 2.82. The number of terminal acetylenes is 1. The van der Waals surface area contributed by atoms with Crippen molar-refractivity contribution < 1.29 is 4.79 Å². The molecular formula is C13H17N3OS. The van der Waals surface area contributed by atoms with Gasteiger partial charge in [-0.3, -0.25) is 4.79 Å². The second-order valence-corrected chi connectivity index (χ2v) is 5.36. The minimum absolute atomic E-state index is 0.0334. The van der Waals surface area contributed by atoms with Crippen LogP contribution in [0.15, 0.2) is 0 Å². The Hall–Kier alpha value is -1.38. The first-order valence-corrected chi connectivity index (χ1v) is 7.04. The quantitative estimate of drug-likeness (QED) is 0.630. The van der Waals surface area contributed by atoms with E-state index in [1.807, 2.05) is 0 Å². The molecule has 0 aliphatic carbocycles. The zero-order valence-electron chi connectivity index (χ0n) is 10.3. The molecule has 0 radical (unpaired) electrons. The van der Waals surface area contributed by atoms with Gasteiger partial charge in [0.25, 0.3) is 0 Å². The Kier molecular flexibility index (Phi) is 4.73. The van der Waals surface area contributed by atoms with E-state index in [-0.39, 0.29) is 5.91 Å². The molecule has 0 saturated carbocycles. The lowest BCUT2D eigenvalue weighted by Crippen LogP contribution is -2.22. The molecule has 0 atom stereocenters. The average Bonchev–Trinajstić information content (AvgIpc) is 2.76. The van der Waals surface area contributed by atoms with E-state index in [0.717, 1.165) is 49.6 Å². The normalized spacial score (nSPS) is 13.7. The highest BCUT2D eigenvalue weighted by Crippen LogP contribution is 2.25. The first kappa shape index (κ1) is 13.1. The summed E-state index contributed by atoms with van der Waals surface area (Å²) in [6.45, 7) is 1.83. The van der Waals surface area contributed by atoms with Crippen LogP contribution in [0.2, 0.25) is 0 Å². The van der Waals surface area contributed by atoms with Gasteiger partial charge in [0.15, 0.2) is 5.13 Å². The lowest BCUT2D eigenvalue weighted by atomic mass is 10.2. The summed E-state index contributed by atoms with van der Waals surface area (Å²) < 4.78 is 0. The van der Waals surface area contributed by atoms with E-state index in [1.54, 1.807) is 11.3 Å². The number of carbonyl (C=O) groups excluding carboxylic acids is 1. The highest BCUT2D eigenvalue weighted by Gasteiger charge is 2.15. The third kappa shape index (κ3) is 3.56. The van der Waals surface area contributed by atoms with Crippen molar-refractivity contribution in [2.24, 2.45) is 0 Å². The summed E-state index contributed by atoms with van der Waals surface area (Å²) >= 11 is 1.57. The van der Waals surface area contributed by atoms with Crippen LogP contribution in [0.1, 0.15) is 36.3 Å². The Morgan fingerprint density at radius 1 is 1.56 bits per heavy atom. The highest BCUT2D eigenvalue weighted by molar-refractivity contribution is 7.15. The van der Waals surface area contributed by atoms with Crippen LogP contribution in [0.3, 0.4) is 0 Å². The summed E-state index contributed by atoms with van der Waals surface area (Å²) in [7, 11) is 0. The van der Waals surface area contributed by atoms with Crippen LogP contribution < -0.4 is 10.6 Å². The topological polar surface area (TPSA) is 54.0 Å². The van der Waals surface area contributed by atoms with Gasteiger partial charge in [-0.25, -0.2) is 4.98 Å². The van der Waals surface area contributed by atoms with Gasteiger partial charge in [0.05, 0.1) is 5.69 Å². The van der Waals surface area contributed by atoms with Crippen LogP contribution >= 0.6 is 11.3 Å². The molecule has 0 unspecified atom stereocenters. The highest BCUT2D eigenvalue weighted by atomic mass is 32.1. The SMILES string of the molecule is C#CCCCCC(=O)Nc1nc2c(s1)CNCC2. The molecule has 2 rings (SSSR count). The van der Waals surface area contributed by atoms with Crippen molar-refractivity contribution in [2.75, 3.05) is 11.9 Å². The predicted molar refractivity (Wildman–Crippen MR) is 73.5 cm³/mol. The molecule has 5 heteroatoms. The van der Waals surface area contributed by atoms with Crippen molar-refractivity contribution in [2.45, 2.75) is 38.6 Å². The Bertz CT molecular complexity index is 438. The number of anilines is 1. The number of nitrogens with zero attached hydrogens (tertiary/aromatic N) is 1. The lowest BCUT2D eigenvalue weighted by molar-refractivity contribution is -0.116. The van der Waals surface area contributed by atoms with Crippen molar-refractivity contribution in [1.29, 1.82) is 0 Å². The minimum Gasteiger partial charge on any atom is -0.311 e. The summed E-state index contributed by atoms with van der Waals surface area (Å²) in [5, 5.41) is 6.89. The van der Waals surface area contributed by atoms with Crippen molar-refractivity contribution in [3.05, 3.63) is 10.6 Å². The van der Waals surface area contributed by atoms with Crippen molar-refractivity contribution in [1.82, 2.24) is 10.3 Å². The number of unbranched alkanes of at least 4 members (excludes halogenated alkanes) is 2. The second kappa shape index (κ2) is 6.53. The van der Waals surface area contributed by atoms with Gasteiger partial charge in [-0.1, -0.05) is 0 Å². The Morgan fingerprint density at radius 3 is 3.22 bits per heavy atom. The number of nitrogens with one attached hydrogen (secondary N) is 2. The lowest BCUT2D eigenvalue weighted by Gasteiger charge is -2.09. The largest absolute Gasteiger partial charge is 0.311 e. The number of carbonyl (C=O) groups is 1. The fourth-order valence-electron chi connectivity index (χ4n) is 1.87. The van der Waals surface area contributed by atoms with Crippen molar-refractivity contribution in [3.8, 4) is 12.3 Å². The van der Waals surface area contributed by atoms with E-state index in [2.05, 4.69) is 21.5 Å². The van der Waals surface area contributed by atoms with Gasteiger partial charge < -0.3 is 10.6 Å². The number of aromatic nitrogens is 1. The van der Waals surface area contributed by atoms with Crippen LogP contribution in [0.4, 0.5) is 5.13 Å². The minimum atomic E-state index is 0.0334. The number of rotatable bonds is 5. The first-order valence-electron chi connectivity index (χ1n) is 6.22. The smallest absolute Gasteiger partial charge is 0.226 e. The average molecular weight is 263 g/mol. The van der Waals surface area contributed by atoms with E-state index in [0.29, 0.717) is 6.42 Å². The molecule has 1 aromatic rings. The predicted octanol–water partition coefficient (Wildman–Crippen LogP) is 1.92. The molecule has 1 aliphatic heterocycles. The molecule has 2 heterocycles. The molecule has 0 spiro atoms. The summed E-state index contributed by atoms with van der Waals surface area (Å²) in [5.41, 5.74) is 1.13. The van der Waals surface area contributed by atoms with Crippen LogP contribution in [-0.4, -0.2) is 17.4 Å². The van der Waals surface area contributed by atoms with E-state index >= 15 is 0 Å². The molecule has 1 aliphatic rings. The molecule has 0 fully saturated rings. The second-order valence-electron chi connectivity index (χ2n) is 4.28. The van der Waals surface area contributed by atoms with Gasteiger partial charge in [0.2, 0.25) is 5.91 Å². The molecule has 1 aromatic heterocycles. The Morgan fingerprint density at radius 2 is 2.44 bits per heavy atom. The zero-order chi connectivity index (χ0) is 12.8. The molecule has 1 amide bonds. The first-order chi connectivity index (χ1) is 8.79. The van der Waals surface area contributed by atoms with Gasteiger partial charge in [-0.05, 0) is 12.8 Å². The third-order valence-corrected chi connectivity index (χ3v) is 3.84. The molecule has 18 heavy (non-hydrogen) atoms. The summed E-state index contributed by atoms with van der Waals surface area (Å²) in [4.78, 5) is 17.4. The molecule has 0 bridgehead atoms. The number of fused-ring (bicyclic) bond motifs is 1. The van der Waals surface area contributed by atoms with Gasteiger partial charge in [-0.15, -0.1) is 23.7 Å². The van der Waals surface area contributed by atoms with Crippen LogP contribution in [-0.2, 0) is 17.8 Å². The van der Waals surface area contributed by atoms with E-state index in [1.165, 1.54) is 4.88 Å². The fourth-order valence-corrected chi connectivity index (χ4v) is 2.87. The van der Waals surface area contributed by atoms with Gasteiger partial charge in [0.1, 0.15) is 0 Å². The molecule has 2 N–H and O–H groups in total. The summed E-state index contributed by atoms with van der Waals surface area (Å²) in [6.07, 6.45) is 9.11. The van der Waals surface area contributed by atoms with Crippen molar-refractivity contribution in [3.63, 3.8) is 0 Å². The summed E-state index contributed by atoms with van der Waals surface area (Å²) in [6, 6.07) is 0. The van der Waals surface area contributed by atoms with Crippen molar-refractivity contribution >= 4 is 22.4 Å². The number of hydrogen-bond donors (Lipinski definition) is 2.